The second kappa shape index (κ2) is 5.33. The summed E-state index contributed by atoms with van der Waals surface area (Å²) < 4.78 is 24.6. The van der Waals surface area contributed by atoms with Crippen molar-refractivity contribution in [3.63, 3.8) is 0 Å². The summed E-state index contributed by atoms with van der Waals surface area (Å²) in [5.41, 5.74) is 1.16. The molecule has 0 radical (unpaired) electrons. The second-order valence-electron chi connectivity index (χ2n) is 6.29. The Balaban J connectivity index is 1.81. The van der Waals surface area contributed by atoms with Crippen LogP contribution in [0.25, 0.3) is 0 Å². The Kier molecular flexibility index (Phi) is 3.34. The molecule has 2 aromatic carbocycles. The fourth-order valence-electron chi connectivity index (χ4n) is 3.15. The van der Waals surface area contributed by atoms with E-state index in [4.69, 9.17) is 0 Å². The second-order valence-corrected chi connectivity index (χ2v) is 8.22. The fraction of sp³-hybridized carbons (Fsp3) is 0.222. The first-order valence-corrected chi connectivity index (χ1v) is 9.48. The molecule has 2 aliphatic rings. The molecule has 126 valence electrons. The number of carbonyl (C=O) groups is 1. The topological polar surface area (TPSA) is 98.5 Å². The number of amides is 1. The van der Waals surface area contributed by atoms with Gasteiger partial charge in [0.05, 0.1) is 16.1 Å². The van der Waals surface area contributed by atoms with Crippen molar-refractivity contribution in [2.45, 2.75) is 23.7 Å². The van der Waals surface area contributed by atoms with Crippen LogP contribution in [-0.2, 0) is 9.84 Å². The molecule has 1 N–H and O–H groups in total. The maximum atomic E-state index is 12.9. The molecular formula is C18H14N2O4S. The molecule has 1 saturated carbocycles. The zero-order valence-corrected chi connectivity index (χ0v) is 14.0. The normalized spacial score (nSPS) is 17.8. The molecule has 0 bridgehead atoms. The number of para-hydroxylation sites is 1. The average molecular weight is 354 g/mol. The van der Waals surface area contributed by atoms with Crippen LogP contribution in [-0.4, -0.2) is 25.3 Å². The van der Waals surface area contributed by atoms with Crippen LogP contribution < -0.4 is 4.90 Å². The number of anilines is 1. The maximum Gasteiger partial charge on any atom is 0.259 e. The van der Waals surface area contributed by atoms with Gasteiger partial charge in [0.2, 0.25) is 0 Å². The SMILES string of the molecule is N#Cc1cc(C(=O)N2CS(=O)(=O)c3ccccc32)cc(C2CC2)c1O. The number of nitrogens with zero attached hydrogens (tertiary/aromatic N) is 2. The van der Waals surface area contributed by atoms with Crippen LogP contribution in [0.3, 0.4) is 0 Å². The molecule has 25 heavy (non-hydrogen) atoms. The van der Waals surface area contributed by atoms with E-state index < -0.39 is 21.6 Å². The van der Waals surface area contributed by atoms with Crippen LogP contribution in [0.1, 0.15) is 40.2 Å². The molecule has 2 aromatic rings. The van der Waals surface area contributed by atoms with Crippen LogP contribution >= 0.6 is 0 Å². The predicted octanol–water partition coefficient (Wildman–Crippen LogP) is 2.53. The van der Waals surface area contributed by atoms with Crippen molar-refractivity contribution < 1.29 is 18.3 Å². The van der Waals surface area contributed by atoms with Crippen molar-refractivity contribution >= 4 is 21.4 Å². The molecule has 0 spiro atoms. The molecule has 1 amide bonds. The van der Waals surface area contributed by atoms with Gasteiger partial charge in [-0.05, 0) is 48.6 Å². The number of hydrogen-bond donors (Lipinski definition) is 1. The quantitative estimate of drug-likeness (QED) is 0.893. The zero-order valence-electron chi connectivity index (χ0n) is 13.1. The van der Waals surface area contributed by atoms with Gasteiger partial charge in [0.15, 0.2) is 9.84 Å². The van der Waals surface area contributed by atoms with Gasteiger partial charge >= 0.3 is 0 Å². The first kappa shape index (κ1) is 15.7. The van der Waals surface area contributed by atoms with E-state index in [1.54, 1.807) is 24.3 Å². The average Bonchev–Trinajstić information content (AvgIpc) is 3.40. The molecule has 1 fully saturated rings. The number of fused-ring (bicyclic) bond motifs is 1. The first-order valence-electron chi connectivity index (χ1n) is 7.83. The summed E-state index contributed by atoms with van der Waals surface area (Å²) in [6.07, 6.45) is 1.80. The monoisotopic (exact) mass is 354 g/mol. The van der Waals surface area contributed by atoms with E-state index in [0.717, 1.165) is 12.8 Å². The van der Waals surface area contributed by atoms with Gasteiger partial charge in [0.25, 0.3) is 5.91 Å². The standard InChI is InChI=1S/C18H14N2O4S/c19-9-13-7-12(8-14(17(13)21)11-5-6-11)18(22)20-10-25(23,24)16-4-2-1-3-15(16)20/h1-4,7-8,11,21H,5-6,10H2. The van der Waals surface area contributed by atoms with E-state index in [0.29, 0.717) is 11.3 Å². The molecule has 0 aromatic heterocycles. The van der Waals surface area contributed by atoms with Gasteiger partial charge in [-0.25, -0.2) is 8.42 Å². The Morgan fingerprint density at radius 3 is 2.64 bits per heavy atom. The fourth-order valence-corrected chi connectivity index (χ4v) is 4.67. The molecule has 7 heteroatoms. The number of phenols is 1. The molecule has 4 rings (SSSR count). The van der Waals surface area contributed by atoms with Crippen molar-refractivity contribution in [1.29, 1.82) is 5.26 Å². The van der Waals surface area contributed by atoms with Gasteiger partial charge < -0.3 is 5.11 Å². The Bertz CT molecular complexity index is 1050. The summed E-state index contributed by atoms with van der Waals surface area (Å²) >= 11 is 0. The number of sulfone groups is 1. The number of rotatable bonds is 2. The predicted molar refractivity (Wildman–Crippen MR) is 90.1 cm³/mol. The lowest BCUT2D eigenvalue weighted by Crippen LogP contribution is -2.30. The summed E-state index contributed by atoms with van der Waals surface area (Å²) in [6, 6.07) is 11.1. The van der Waals surface area contributed by atoms with Gasteiger partial charge in [0, 0.05) is 5.56 Å². The van der Waals surface area contributed by atoms with Gasteiger partial charge in [-0.2, -0.15) is 5.26 Å². The van der Waals surface area contributed by atoms with Crippen molar-refractivity contribution in [3.05, 3.63) is 53.1 Å². The summed E-state index contributed by atoms with van der Waals surface area (Å²) in [7, 11) is -3.56. The highest BCUT2D eigenvalue weighted by atomic mass is 32.2. The lowest BCUT2D eigenvalue weighted by atomic mass is 10.0. The number of phenolic OH excluding ortho intramolecular Hbond substituents is 1. The summed E-state index contributed by atoms with van der Waals surface area (Å²) in [5.74, 6) is -0.857. The maximum absolute atomic E-state index is 12.9. The van der Waals surface area contributed by atoms with Crippen molar-refractivity contribution in [1.82, 2.24) is 0 Å². The van der Waals surface area contributed by atoms with E-state index in [1.807, 2.05) is 6.07 Å². The number of aromatic hydroxyl groups is 1. The largest absolute Gasteiger partial charge is 0.506 e. The zero-order chi connectivity index (χ0) is 17.8. The Morgan fingerprint density at radius 1 is 1.24 bits per heavy atom. The first-order chi connectivity index (χ1) is 11.9. The minimum absolute atomic E-state index is 0.0306. The van der Waals surface area contributed by atoms with E-state index in [9.17, 15) is 23.6 Å². The van der Waals surface area contributed by atoms with Crippen LogP contribution in [0.5, 0.6) is 5.75 Å². The van der Waals surface area contributed by atoms with Gasteiger partial charge in [-0.15, -0.1) is 0 Å². The molecule has 0 atom stereocenters. The van der Waals surface area contributed by atoms with Crippen LogP contribution in [0.15, 0.2) is 41.3 Å². The summed E-state index contributed by atoms with van der Waals surface area (Å²) in [6.45, 7) is 0. The van der Waals surface area contributed by atoms with E-state index >= 15 is 0 Å². The number of carbonyl (C=O) groups excluding carboxylic acids is 1. The molecule has 1 aliphatic carbocycles. The number of nitriles is 1. The Hall–Kier alpha value is -2.85. The van der Waals surface area contributed by atoms with Gasteiger partial charge in [-0.3, -0.25) is 9.69 Å². The lowest BCUT2D eigenvalue weighted by molar-refractivity contribution is 0.0991. The molecule has 0 unspecified atom stereocenters. The molecule has 1 heterocycles. The molecule has 6 nitrogen and oxygen atoms in total. The highest BCUT2D eigenvalue weighted by Crippen LogP contribution is 2.45. The third-order valence-electron chi connectivity index (χ3n) is 4.56. The van der Waals surface area contributed by atoms with Crippen molar-refractivity contribution in [3.8, 4) is 11.8 Å². The Morgan fingerprint density at radius 2 is 1.96 bits per heavy atom. The van der Waals surface area contributed by atoms with Crippen molar-refractivity contribution in [2.24, 2.45) is 0 Å². The summed E-state index contributed by atoms with van der Waals surface area (Å²) in [5, 5.41) is 19.4. The third-order valence-corrected chi connectivity index (χ3v) is 6.17. The minimum atomic E-state index is -3.56. The minimum Gasteiger partial charge on any atom is -0.506 e. The Labute approximate surface area is 144 Å². The molecule has 1 aliphatic heterocycles. The number of benzene rings is 2. The van der Waals surface area contributed by atoms with Crippen LogP contribution in [0.4, 0.5) is 5.69 Å². The number of hydrogen-bond acceptors (Lipinski definition) is 5. The molecular weight excluding hydrogens is 340 g/mol. The highest BCUT2D eigenvalue weighted by Gasteiger charge is 2.37. The van der Waals surface area contributed by atoms with E-state index in [-0.39, 0.29) is 27.7 Å². The third kappa shape index (κ3) is 2.46. The van der Waals surface area contributed by atoms with Crippen molar-refractivity contribution in [2.75, 3.05) is 10.8 Å². The summed E-state index contributed by atoms with van der Waals surface area (Å²) in [4.78, 5) is 14.3. The van der Waals surface area contributed by atoms with E-state index in [1.165, 1.54) is 17.0 Å². The van der Waals surface area contributed by atoms with Gasteiger partial charge in [-0.1, -0.05) is 12.1 Å². The van der Waals surface area contributed by atoms with Crippen LogP contribution in [0, 0.1) is 11.3 Å². The van der Waals surface area contributed by atoms with Crippen LogP contribution in [0.2, 0.25) is 0 Å². The smallest absolute Gasteiger partial charge is 0.259 e. The van der Waals surface area contributed by atoms with Gasteiger partial charge in [0.1, 0.15) is 17.7 Å². The molecule has 0 saturated heterocycles. The highest BCUT2D eigenvalue weighted by molar-refractivity contribution is 7.92. The lowest BCUT2D eigenvalue weighted by Gasteiger charge is -2.17. The van der Waals surface area contributed by atoms with E-state index in [2.05, 4.69) is 0 Å².